The SMILES string of the molecule is CCCCOc1ccc2c(c1)CC[C@H](c1ccccc1)[C@@H]2c1ccc(OC2CC(O)(CC=O)C2)cc1. The summed E-state index contributed by atoms with van der Waals surface area (Å²) in [6, 6.07) is 26.0. The van der Waals surface area contributed by atoms with Crippen molar-refractivity contribution in [3.8, 4) is 11.5 Å². The Morgan fingerprint density at radius 3 is 2.44 bits per heavy atom. The lowest BCUT2D eigenvalue weighted by Gasteiger charge is -2.42. The van der Waals surface area contributed by atoms with Crippen LogP contribution in [-0.4, -0.2) is 29.7 Å². The molecule has 1 N–H and O–H groups in total. The third-order valence-electron chi connectivity index (χ3n) is 7.79. The van der Waals surface area contributed by atoms with Crippen LogP contribution in [-0.2, 0) is 11.2 Å². The van der Waals surface area contributed by atoms with Gasteiger partial charge in [-0.25, -0.2) is 0 Å². The fourth-order valence-corrected chi connectivity index (χ4v) is 5.83. The van der Waals surface area contributed by atoms with Crippen molar-refractivity contribution < 1.29 is 19.4 Å². The van der Waals surface area contributed by atoms with Gasteiger partial charge in [-0.15, -0.1) is 0 Å². The van der Waals surface area contributed by atoms with Crippen molar-refractivity contribution in [3.63, 3.8) is 0 Å². The normalized spacial score (nSPS) is 24.9. The van der Waals surface area contributed by atoms with Gasteiger partial charge in [-0.1, -0.05) is 61.9 Å². The number of hydrogen-bond donors (Lipinski definition) is 1. The molecule has 0 aromatic heterocycles. The highest BCUT2D eigenvalue weighted by Crippen LogP contribution is 2.47. The topological polar surface area (TPSA) is 55.8 Å². The number of ether oxygens (including phenoxy) is 2. The average molecular weight is 485 g/mol. The first-order valence-electron chi connectivity index (χ1n) is 13.3. The molecule has 4 heteroatoms. The van der Waals surface area contributed by atoms with Crippen LogP contribution in [0, 0.1) is 0 Å². The molecule has 3 aromatic carbocycles. The highest BCUT2D eigenvalue weighted by atomic mass is 16.5. The molecule has 0 heterocycles. The molecule has 188 valence electrons. The number of aldehydes is 1. The summed E-state index contributed by atoms with van der Waals surface area (Å²) in [6.07, 6.45) is 6.27. The van der Waals surface area contributed by atoms with Gasteiger partial charge in [0.25, 0.3) is 0 Å². The highest BCUT2D eigenvalue weighted by molar-refractivity contribution is 5.52. The van der Waals surface area contributed by atoms with E-state index < -0.39 is 5.60 Å². The minimum absolute atomic E-state index is 0.0422. The molecule has 0 amide bonds. The zero-order valence-electron chi connectivity index (χ0n) is 21.1. The molecular weight excluding hydrogens is 448 g/mol. The van der Waals surface area contributed by atoms with E-state index in [1.165, 1.54) is 22.3 Å². The first kappa shape index (κ1) is 24.6. The molecule has 36 heavy (non-hydrogen) atoms. The third-order valence-corrected chi connectivity index (χ3v) is 7.79. The molecular formula is C32H36O4. The number of aliphatic hydroxyl groups is 1. The molecule has 0 radical (unpaired) electrons. The van der Waals surface area contributed by atoms with E-state index in [4.69, 9.17) is 9.47 Å². The largest absolute Gasteiger partial charge is 0.494 e. The van der Waals surface area contributed by atoms with Gasteiger partial charge in [0.2, 0.25) is 0 Å². The monoisotopic (exact) mass is 484 g/mol. The molecule has 2 atom stereocenters. The summed E-state index contributed by atoms with van der Waals surface area (Å²) in [6.45, 7) is 2.95. The lowest BCUT2D eigenvalue weighted by molar-refractivity contribution is -0.128. The second kappa shape index (κ2) is 10.9. The number of benzene rings is 3. The Labute approximate surface area is 214 Å². The molecule has 2 aliphatic rings. The van der Waals surface area contributed by atoms with Gasteiger partial charge in [0.05, 0.1) is 12.2 Å². The van der Waals surface area contributed by atoms with Gasteiger partial charge in [0, 0.05) is 25.2 Å². The predicted molar refractivity (Wildman–Crippen MR) is 142 cm³/mol. The smallest absolute Gasteiger partial charge is 0.122 e. The van der Waals surface area contributed by atoms with Crippen LogP contribution in [0.1, 0.15) is 79.5 Å². The zero-order chi connectivity index (χ0) is 25.0. The number of aryl methyl sites for hydroxylation is 1. The summed E-state index contributed by atoms with van der Waals surface area (Å²) in [5.74, 6) is 2.44. The molecule has 0 aliphatic heterocycles. The Kier molecular flexibility index (Phi) is 7.43. The fraction of sp³-hybridized carbons (Fsp3) is 0.406. The molecule has 0 spiro atoms. The van der Waals surface area contributed by atoms with Crippen molar-refractivity contribution in [3.05, 3.63) is 95.1 Å². The molecule has 1 saturated carbocycles. The van der Waals surface area contributed by atoms with E-state index in [0.29, 0.717) is 18.8 Å². The van der Waals surface area contributed by atoms with E-state index in [1.807, 2.05) is 12.1 Å². The lowest BCUT2D eigenvalue weighted by Crippen LogP contribution is -2.49. The molecule has 2 aliphatic carbocycles. The van der Waals surface area contributed by atoms with Gasteiger partial charge in [-0.3, -0.25) is 0 Å². The van der Waals surface area contributed by atoms with Crippen molar-refractivity contribution in [1.29, 1.82) is 0 Å². The van der Waals surface area contributed by atoms with Gasteiger partial charge in [-0.2, -0.15) is 0 Å². The summed E-state index contributed by atoms with van der Waals surface area (Å²) in [7, 11) is 0. The van der Waals surface area contributed by atoms with E-state index >= 15 is 0 Å². The molecule has 0 saturated heterocycles. The van der Waals surface area contributed by atoms with E-state index in [0.717, 1.165) is 50.1 Å². The third kappa shape index (κ3) is 5.34. The average Bonchev–Trinajstić information content (AvgIpc) is 2.88. The first-order chi connectivity index (χ1) is 17.6. The number of carbonyl (C=O) groups excluding carboxylic acids is 1. The maximum Gasteiger partial charge on any atom is 0.122 e. The van der Waals surface area contributed by atoms with Crippen LogP contribution in [0.5, 0.6) is 11.5 Å². The molecule has 4 nitrogen and oxygen atoms in total. The van der Waals surface area contributed by atoms with E-state index in [9.17, 15) is 9.90 Å². The predicted octanol–water partition coefficient (Wildman–Crippen LogP) is 6.59. The van der Waals surface area contributed by atoms with Crippen LogP contribution < -0.4 is 9.47 Å². The van der Waals surface area contributed by atoms with E-state index in [2.05, 4.69) is 67.6 Å². The van der Waals surface area contributed by atoms with Crippen molar-refractivity contribution in [2.75, 3.05) is 6.61 Å². The summed E-state index contributed by atoms with van der Waals surface area (Å²) >= 11 is 0. The Balaban J connectivity index is 1.38. The van der Waals surface area contributed by atoms with Gasteiger partial charge in [0.15, 0.2) is 0 Å². The summed E-state index contributed by atoms with van der Waals surface area (Å²) < 4.78 is 12.1. The van der Waals surface area contributed by atoms with Crippen LogP contribution in [0.15, 0.2) is 72.8 Å². The van der Waals surface area contributed by atoms with Crippen LogP contribution in [0.25, 0.3) is 0 Å². The van der Waals surface area contributed by atoms with E-state index in [-0.39, 0.29) is 18.4 Å². The molecule has 0 bridgehead atoms. The maximum absolute atomic E-state index is 10.8. The van der Waals surface area contributed by atoms with E-state index in [1.54, 1.807) is 0 Å². The second-order valence-corrected chi connectivity index (χ2v) is 10.4. The highest BCUT2D eigenvalue weighted by Gasteiger charge is 2.43. The fourth-order valence-electron chi connectivity index (χ4n) is 5.83. The first-order valence-corrected chi connectivity index (χ1v) is 13.3. The van der Waals surface area contributed by atoms with Gasteiger partial charge < -0.3 is 19.4 Å². The van der Waals surface area contributed by atoms with Crippen molar-refractivity contribution in [1.82, 2.24) is 0 Å². The minimum atomic E-state index is -0.889. The van der Waals surface area contributed by atoms with Crippen molar-refractivity contribution in [2.45, 2.75) is 75.4 Å². The maximum atomic E-state index is 10.8. The summed E-state index contributed by atoms with van der Waals surface area (Å²) in [4.78, 5) is 10.8. The van der Waals surface area contributed by atoms with Crippen LogP contribution in [0.2, 0.25) is 0 Å². The van der Waals surface area contributed by atoms with Gasteiger partial charge >= 0.3 is 0 Å². The second-order valence-electron chi connectivity index (χ2n) is 10.4. The summed E-state index contributed by atoms with van der Waals surface area (Å²) in [5, 5.41) is 10.3. The number of carbonyl (C=O) groups is 1. The lowest BCUT2D eigenvalue weighted by atomic mass is 9.69. The standard InChI is InChI=1S/C32H36O4/c1-2-3-19-35-27-14-16-30-25(20-27)11-15-29(23-7-5-4-6-8-23)31(30)24-9-12-26(13-10-24)36-28-21-32(34,22-28)17-18-33/h4-10,12-14,16,18,20,28-29,31,34H,2-3,11,15,17,19,21-22H2,1H3/t28?,29-,31+,32?/m1/s1. The number of rotatable bonds is 10. The molecule has 5 rings (SSSR count). The van der Waals surface area contributed by atoms with Crippen molar-refractivity contribution in [2.24, 2.45) is 0 Å². The number of hydrogen-bond acceptors (Lipinski definition) is 4. The van der Waals surface area contributed by atoms with Crippen LogP contribution in [0.4, 0.5) is 0 Å². The minimum Gasteiger partial charge on any atom is -0.494 e. The van der Waals surface area contributed by atoms with Crippen LogP contribution in [0.3, 0.4) is 0 Å². The molecule has 0 unspecified atom stereocenters. The zero-order valence-corrected chi connectivity index (χ0v) is 21.1. The van der Waals surface area contributed by atoms with Crippen molar-refractivity contribution >= 4 is 6.29 Å². The number of fused-ring (bicyclic) bond motifs is 1. The summed E-state index contributed by atoms with van der Waals surface area (Å²) in [5.41, 5.74) is 4.53. The van der Waals surface area contributed by atoms with Gasteiger partial charge in [-0.05, 0) is 71.7 Å². The Morgan fingerprint density at radius 2 is 1.72 bits per heavy atom. The van der Waals surface area contributed by atoms with Crippen LogP contribution >= 0.6 is 0 Å². The molecule has 1 fully saturated rings. The molecule has 3 aromatic rings. The quantitative estimate of drug-likeness (QED) is 0.261. The Hall–Kier alpha value is -3.11. The van der Waals surface area contributed by atoms with Gasteiger partial charge in [0.1, 0.15) is 23.9 Å². The number of unbranched alkanes of at least 4 members (excludes halogenated alkanes) is 1. The Morgan fingerprint density at radius 1 is 0.972 bits per heavy atom. The Bertz CT molecular complexity index is 1150.